The zero-order valence-electron chi connectivity index (χ0n) is 19.5. The fourth-order valence-corrected chi connectivity index (χ4v) is 4.98. The van der Waals surface area contributed by atoms with Crippen LogP contribution in [0.4, 0.5) is 0 Å². The molecule has 8 heteroatoms. The lowest BCUT2D eigenvalue weighted by Gasteiger charge is -2.39. The van der Waals surface area contributed by atoms with E-state index in [-0.39, 0.29) is 17.4 Å². The summed E-state index contributed by atoms with van der Waals surface area (Å²) in [4.78, 5) is 17.3. The van der Waals surface area contributed by atoms with Gasteiger partial charge in [0.25, 0.3) is 0 Å². The van der Waals surface area contributed by atoms with Crippen molar-refractivity contribution in [2.75, 3.05) is 37.8 Å². The van der Waals surface area contributed by atoms with Gasteiger partial charge in [-0.3, -0.25) is 9.69 Å². The van der Waals surface area contributed by atoms with Gasteiger partial charge in [0, 0.05) is 31.6 Å². The van der Waals surface area contributed by atoms with E-state index < -0.39 is 0 Å². The van der Waals surface area contributed by atoms with Crippen molar-refractivity contribution >= 4 is 17.7 Å². The minimum absolute atomic E-state index is 0.107. The number of thioether (sulfide) groups is 1. The molecule has 1 aliphatic rings. The van der Waals surface area contributed by atoms with Gasteiger partial charge in [-0.05, 0) is 11.1 Å². The van der Waals surface area contributed by atoms with Gasteiger partial charge in [-0.1, -0.05) is 93.2 Å². The van der Waals surface area contributed by atoms with Crippen molar-refractivity contribution in [1.82, 2.24) is 24.7 Å². The molecule has 3 aromatic rings. The number of nitrogens with two attached hydrogens (primary N) is 1. The van der Waals surface area contributed by atoms with Gasteiger partial charge in [0.1, 0.15) is 0 Å². The SMILES string of the molecule is CC(C)(C)c1nnc(SCC(=O)N2CCN(C(c3ccccc3)c3ccccc3)CC2)n1N. The second-order valence-electron chi connectivity index (χ2n) is 9.36. The highest BCUT2D eigenvalue weighted by molar-refractivity contribution is 7.99. The smallest absolute Gasteiger partial charge is 0.233 e. The molecule has 174 valence electrons. The van der Waals surface area contributed by atoms with Crippen molar-refractivity contribution in [2.45, 2.75) is 37.4 Å². The molecule has 1 aliphatic heterocycles. The molecule has 2 N–H and O–H groups in total. The van der Waals surface area contributed by atoms with Crippen LogP contribution < -0.4 is 5.84 Å². The minimum Gasteiger partial charge on any atom is -0.339 e. The van der Waals surface area contributed by atoms with Gasteiger partial charge in [-0.2, -0.15) is 0 Å². The summed E-state index contributed by atoms with van der Waals surface area (Å²) in [5.74, 6) is 7.28. The van der Waals surface area contributed by atoms with E-state index in [2.05, 4.69) is 63.6 Å². The molecule has 4 rings (SSSR count). The van der Waals surface area contributed by atoms with Gasteiger partial charge in [-0.15, -0.1) is 10.2 Å². The number of nitrogens with zero attached hydrogens (tertiary/aromatic N) is 5. The molecule has 0 unspecified atom stereocenters. The first-order valence-electron chi connectivity index (χ1n) is 11.3. The fraction of sp³-hybridized carbons (Fsp3) is 0.400. The highest BCUT2D eigenvalue weighted by atomic mass is 32.2. The molecule has 0 spiro atoms. The minimum atomic E-state index is -0.199. The van der Waals surface area contributed by atoms with E-state index in [1.54, 1.807) is 0 Å². The van der Waals surface area contributed by atoms with Crippen molar-refractivity contribution < 1.29 is 4.79 Å². The van der Waals surface area contributed by atoms with Crippen LogP contribution in [0.3, 0.4) is 0 Å². The largest absolute Gasteiger partial charge is 0.339 e. The monoisotopic (exact) mass is 464 g/mol. The Bertz CT molecular complexity index is 1020. The molecule has 0 radical (unpaired) electrons. The van der Waals surface area contributed by atoms with Crippen LogP contribution in [0.25, 0.3) is 0 Å². The number of hydrogen-bond donors (Lipinski definition) is 1. The van der Waals surface area contributed by atoms with Gasteiger partial charge in [0.15, 0.2) is 5.82 Å². The van der Waals surface area contributed by atoms with Crippen molar-refractivity contribution in [1.29, 1.82) is 0 Å². The first kappa shape index (κ1) is 23.3. The van der Waals surface area contributed by atoms with Gasteiger partial charge < -0.3 is 10.7 Å². The number of carbonyl (C=O) groups is 1. The van der Waals surface area contributed by atoms with Gasteiger partial charge in [0.05, 0.1) is 11.8 Å². The number of carbonyl (C=O) groups excluding carboxylic acids is 1. The summed E-state index contributed by atoms with van der Waals surface area (Å²) in [5, 5.41) is 8.94. The first-order chi connectivity index (χ1) is 15.8. The molecule has 1 aromatic heterocycles. The molecular formula is C25H32N6OS. The van der Waals surface area contributed by atoms with E-state index in [0.717, 1.165) is 13.1 Å². The molecule has 1 fully saturated rings. The van der Waals surface area contributed by atoms with Crippen LogP contribution in [0, 0.1) is 0 Å². The number of hydrogen-bond acceptors (Lipinski definition) is 6. The Labute approximate surface area is 199 Å². The van der Waals surface area contributed by atoms with Crippen LogP contribution in [0.15, 0.2) is 65.8 Å². The molecule has 33 heavy (non-hydrogen) atoms. The summed E-state index contributed by atoms with van der Waals surface area (Å²) >= 11 is 1.35. The average Bonchev–Trinajstić information content (AvgIpc) is 3.20. The Hall–Kier alpha value is -2.84. The Morgan fingerprint density at radius 2 is 1.48 bits per heavy atom. The van der Waals surface area contributed by atoms with Crippen molar-refractivity contribution in [3.8, 4) is 0 Å². The number of benzene rings is 2. The number of nitrogen functional groups attached to an aromatic ring is 1. The third-order valence-corrected chi connectivity index (χ3v) is 6.85. The highest BCUT2D eigenvalue weighted by Gasteiger charge is 2.29. The quantitative estimate of drug-likeness (QED) is 0.445. The second-order valence-corrected chi connectivity index (χ2v) is 10.3. The van der Waals surface area contributed by atoms with E-state index >= 15 is 0 Å². The predicted molar refractivity (Wildman–Crippen MR) is 132 cm³/mol. The number of rotatable bonds is 6. The zero-order chi connectivity index (χ0) is 23.4. The Balaban J connectivity index is 1.38. The summed E-state index contributed by atoms with van der Waals surface area (Å²) in [6.07, 6.45) is 0. The molecule has 2 heterocycles. The fourth-order valence-electron chi connectivity index (χ4n) is 4.22. The Morgan fingerprint density at radius 1 is 0.939 bits per heavy atom. The van der Waals surface area contributed by atoms with Crippen LogP contribution >= 0.6 is 11.8 Å². The van der Waals surface area contributed by atoms with E-state index in [4.69, 9.17) is 5.84 Å². The van der Waals surface area contributed by atoms with Gasteiger partial charge in [0.2, 0.25) is 11.1 Å². The van der Waals surface area contributed by atoms with E-state index in [0.29, 0.717) is 29.8 Å². The highest BCUT2D eigenvalue weighted by Crippen LogP contribution is 2.30. The molecule has 1 amide bonds. The Morgan fingerprint density at radius 3 is 1.97 bits per heavy atom. The molecule has 2 aromatic carbocycles. The molecular weight excluding hydrogens is 432 g/mol. The third-order valence-electron chi connectivity index (χ3n) is 5.92. The van der Waals surface area contributed by atoms with Crippen LogP contribution in [-0.4, -0.2) is 62.5 Å². The van der Waals surface area contributed by atoms with E-state index in [1.807, 2.05) is 37.8 Å². The standard InChI is InChI=1S/C25H32N6OS/c1-25(2,3)23-27-28-24(31(23)26)33-18-21(32)29-14-16-30(17-15-29)22(19-10-6-4-7-11-19)20-12-8-5-9-13-20/h4-13,22H,14-18,26H2,1-3H3. The summed E-state index contributed by atoms with van der Waals surface area (Å²) in [5.41, 5.74) is 2.35. The molecule has 0 bridgehead atoms. The summed E-state index contributed by atoms with van der Waals surface area (Å²) in [6.45, 7) is 9.18. The van der Waals surface area contributed by atoms with Crippen molar-refractivity contribution in [2.24, 2.45) is 0 Å². The summed E-state index contributed by atoms with van der Waals surface area (Å²) in [6, 6.07) is 21.4. The van der Waals surface area contributed by atoms with E-state index in [9.17, 15) is 4.79 Å². The van der Waals surface area contributed by atoms with Crippen LogP contribution in [-0.2, 0) is 10.2 Å². The lowest BCUT2D eigenvalue weighted by Crippen LogP contribution is -2.50. The van der Waals surface area contributed by atoms with Gasteiger partial charge in [-0.25, -0.2) is 4.68 Å². The normalized spacial score (nSPS) is 15.2. The molecule has 0 saturated carbocycles. The maximum atomic E-state index is 12.9. The van der Waals surface area contributed by atoms with Crippen molar-refractivity contribution in [3.63, 3.8) is 0 Å². The van der Waals surface area contributed by atoms with Crippen LogP contribution in [0.2, 0.25) is 0 Å². The average molecular weight is 465 g/mol. The summed E-state index contributed by atoms with van der Waals surface area (Å²) in [7, 11) is 0. The third kappa shape index (κ3) is 5.39. The second kappa shape index (κ2) is 9.97. The lowest BCUT2D eigenvalue weighted by atomic mass is 9.96. The van der Waals surface area contributed by atoms with Crippen molar-refractivity contribution in [3.05, 3.63) is 77.6 Å². The maximum Gasteiger partial charge on any atom is 0.233 e. The zero-order valence-corrected chi connectivity index (χ0v) is 20.3. The first-order valence-corrected chi connectivity index (χ1v) is 12.3. The molecule has 1 saturated heterocycles. The lowest BCUT2D eigenvalue weighted by molar-refractivity contribution is -0.130. The molecule has 0 atom stereocenters. The van der Waals surface area contributed by atoms with E-state index in [1.165, 1.54) is 27.6 Å². The number of piperazine rings is 1. The number of amides is 1. The van der Waals surface area contributed by atoms with Gasteiger partial charge >= 0.3 is 0 Å². The summed E-state index contributed by atoms with van der Waals surface area (Å²) < 4.78 is 1.50. The Kier molecular flexibility index (Phi) is 7.05. The molecule has 7 nitrogen and oxygen atoms in total. The van der Waals surface area contributed by atoms with Crippen LogP contribution in [0.1, 0.15) is 43.8 Å². The maximum absolute atomic E-state index is 12.9. The number of aromatic nitrogens is 3. The topological polar surface area (TPSA) is 80.3 Å². The molecule has 0 aliphatic carbocycles. The van der Waals surface area contributed by atoms with Crippen LogP contribution in [0.5, 0.6) is 0 Å². The predicted octanol–water partition coefficient (Wildman–Crippen LogP) is 3.32.